The number of aromatic carboxylic acids is 1. The molecule has 0 aliphatic carbocycles. The van der Waals surface area contributed by atoms with Gasteiger partial charge in [-0.15, -0.1) is 0 Å². The minimum absolute atomic E-state index is 0.000170. The van der Waals surface area contributed by atoms with Gasteiger partial charge in [-0.1, -0.05) is 6.07 Å². The number of aliphatic hydroxyl groups is 1. The number of ether oxygens (including phenoxy) is 2. The second-order valence-corrected chi connectivity index (χ2v) is 8.28. The molecule has 0 atom stereocenters. The van der Waals surface area contributed by atoms with Crippen LogP contribution in [0.15, 0.2) is 53.9 Å². The van der Waals surface area contributed by atoms with Gasteiger partial charge in [0.1, 0.15) is 17.1 Å². The third kappa shape index (κ3) is 4.40. The van der Waals surface area contributed by atoms with Crippen molar-refractivity contribution < 1.29 is 38.9 Å². The van der Waals surface area contributed by atoms with Crippen LogP contribution in [-0.4, -0.2) is 77.1 Å². The number of esters is 1. The molecule has 0 saturated heterocycles. The lowest BCUT2D eigenvalue weighted by atomic mass is 10.0. The van der Waals surface area contributed by atoms with Crippen LogP contribution >= 0.6 is 0 Å². The van der Waals surface area contributed by atoms with Crippen LogP contribution in [0.3, 0.4) is 0 Å². The molecule has 0 fully saturated rings. The van der Waals surface area contributed by atoms with Crippen LogP contribution in [0.2, 0.25) is 0 Å². The second kappa shape index (κ2) is 10.2. The molecular weight excluding hydrogens is 482 g/mol. The second-order valence-electron chi connectivity index (χ2n) is 8.28. The van der Waals surface area contributed by atoms with E-state index in [-0.39, 0.29) is 47.8 Å². The highest BCUT2D eigenvalue weighted by molar-refractivity contribution is 6.13. The molecule has 1 aromatic carbocycles. The van der Waals surface area contributed by atoms with Crippen LogP contribution in [0.5, 0.6) is 5.75 Å². The number of nitrogens with one attached hydrogen (secondary N) is 1. The largest absolute Gasteiger partial charge is 0.494 e. The summed E-state index contributed by atoms with van der Waals surface area (Å²) in [6.07, 6.45) is 1.72. The number of rotatable bonds is 9. The van der Waals surface area contributed by atoms with E-state index < -0.39 is 23.6 Å². The lowest BCUT2D eigenvalue weighted by Crippen LogP contribution is -2.31. The molecule has 3 heterocycles. The van der Waals surface area contributed by atoms with Gasteiger partial charge >= 0.3 is 11.9 Å². The molecular formula is C26H25N3O8. The number of hydrogen-bond acceptors (Lipinski definition) is 8. The van der Waals surface area contributed by atoms with Crippen LogP contribution in [0.1, 0.15) is 32.0 Å². The van der Waals surface area contributed by atoms with Crippen LogP contribution in [0.25, 0.3) is 5.52 Å². The number of amides is 1. The van der Waals surface area contributed by atoms with E-state index in [4.69, 9.17) is 9.47 Å². The number of carbonyl (C=O) groups is 4. The van der Waals surface area contributed by atoms with Gasteiger partial charge in [0, 0.05) is 23.9 Å². The standard InChI is InChI=1S/C26H25N3O8/c1-14-21(29-9-5-4-6-19(29)23(14)36-2)22(31)15-7-8-18(16(12-15)25(33)34)27-20-17(26(35)37-3)13-28(10-11-30)24(20)32/h4-9,12,27,30H,10-11,13H2,1-3H3,(H,33,34). The van der Waals surface area contributed by atoms with Crippen molar-refractivity contribution in [2.24, 2.45) is 0 Å². The molecule has 3 N–H and O–H groups in total. The normalized spacial score (nSPS) is 13.3. The van der Waals surface area contributed by atoms with Gasteiger partial charge in [0.25, 0.3) is 5.91 Å². The Balaban J connectivity index is 1.76. The third-order valence-corrected chi connectivity index (χ3v) is 6.17. The molecule has 1 amide bonds. The van der Waals surface area contributed by atoms with Crippen LogP contribution in [0.4, 0.5) is 5.69 Å². The maximum Gasteiger partial charge on any atom is 0.337 e. The molecule has 4 rings (SSSR count). The first kappa shape index (κ1) is 25.5. The summed E-state index contributed by atoms with van der Waals surface area (Å²) in [7, 11) is 2.67. The van der Waals surface area contributed by atoms with E-state index in [0.717, 1.165) is 7.11 Å². The Morgan fingerprint density at radius 1 is 1.14 bits per heavy atom. The number of carboxylic acid groups (broad SMARTS) is 1. The molecule has 0 radical (unpaired) electrons. The van der Waals surface area contributed by atoms with Gasteiger partial charge in [-0.3, -0.25) is 9.59 Å². The van der Waals surface area contributed by atoms with E-state index >= 15 is 0 Å². The van der Waals surface area contributed by atoms with E-state index in [1.165, 1.54) is 30.2 Å². The number of benzene rings is 1. The van der Waals surface area contributed by atoms with Crippen molar-refractivity contribution >= 4 is 34.8 Å². The van der Waals surface area contributed by atoms with E-state index in [1.807, 2.05) is 12.1 Å². The molecule has 192 valence electrons. The zero-order valence-corrected chi connectivity index (χ0v) is 20.4. The molecule has 3 aromatic rings. The summed E-state index contributed by atoms with van der Waals surface area (Å²) in [5.74, 6) is -2.58. The number of methoxy groups -OCH3 is 2. The minimum atomic E-state index is -1.34. The number of anilines is 1. The highest BCUT2D eigenvalue weighted by Crippen LogP contribution is 2.32. The Hall–Kier alpha value is -4.64. The number of nitrogens with zero attached hydrogens (tertiary/aromatic N) is 2. The summed E-state index contributed by atoms with van der Waals surface area (Å²) in [6.45, 7) is 1.31. The van der Waals surface area contributed by atoms with Crippen molar-refractivity contribution in [3.05, 3.63) is 76.2 Å². The Morgan fingerprint density at radius 2 is 1.89 bits per heavy atom. The Morgan fingerprint density at radius 3 is 2.54 bits per heavy atom. The van der Waals surface area contributed by atoms with Crippen molar-refractivity contribution in [2.75, 3.05) is 39.2 Å². The lowest BCUT2D eigenvalue weighted by molar-refractivity contribution is -0.136. The maximum absolute atomic E-state index is 13.5. The number of fused-ring (bicyclic) bond motifs is 1. The molecule has 11 heteroatoms. The van der Waals surface area contributed by atoms with Gasteiger partial charge in [0.15, 0.2) is 0 Å². The first-order chi connectivity index (χ1) is 17.7. The fraction of sp³-hybridized carbons (Fsp3) is 0.231. The number of aliphatic hydroxyl groups excluding tert-OH is 1. The number of pyridine rings is 1. The van der Waals surface area contributed by atoms with Crippen LogP contribution in [-0.2, 0) is 14.3 Å². The van der Waals surface area contributed by atoms with Crippen molar-refractivity contribution in [3.63, 3.8) is 0 Å². The van der Waals surface area contributed by atoms with Crippen molar-refractivity contribution in [2.45, 2.75) is 6.92 Å². The average Bonchev–Trinajstić information content (AvgIpc) is 3.36. The van der Waals surface area contributed by atoms with Crippen molar-refractivity contribution in [1.29, 1.82) is 0 Å². The molecule has 1 aliphatic rings. The van der Waals surface area contributed by atoms with E-state index in [9.17, 15) is 29.4 Å². The number of ketones is 1. The summed E-state index contributed by atoms with van der Waals surface area (Å²) in [4.78, 5) is 52.0. The molecule has 0 spiro atoms. The Kier molecular flexibility index (Phi) is 6.98. The van der Waals surface area contributed by atoms with Gasteiger partial charge in [0.05, 0.1) is 49.7 Å². The molecule has 1 aliphatic heterocycles. The summed E-state index contributed by atoms with van der Waals surface area (Å²) >= 11 is 0. The van der Waals surface area contributed by atoms with Gasteiger partial charge in [0.2, 0.25) is 5.78 Å². The van der Waals surface area contributed by atoms with Gasteiger partial charge < -0.3 is 34.3 Å². The smallest absolute Gasteiger partial charge is 0.337 e. The molecule has 0 saturated carbocycles. The fourth-order valence-electron chi connectivity index (χ4n) is 4.43. The monoisotopic (exact) mass is 507 g/mol. The summed E-state index contributed by atoms with van der Waals surface area (Å²) < 4.78 is 11.9. The number of carboxylic acids is 1. The highest BCUT2D eigenvalue weighted by Gasteiger charge is 2.35. The number of aromatic nitrogens is 1. The third-order valence-electron chi connectivity index (χ3n) is 6.17. The summed E-state index contributed by atoms with van der Waals surface area (Å²) in [6, 6.07) is 9.41. The zero-order chi connectivity index (χ0) is 26.9. The summed E-state index contributed by atoms with van der Waals surface area (Å²) in [5, 5.41) is 21.9. The summed E-state index contributed by atoms with van der Waals surface area (Å²) in [5.41, 5.74) is 1.31. The predicted molar refractivity (Wildman–Crippen MR) is 132 cm³/mol. The molecule has 11 nitrogen and oxygen atoms in total. The van der Waals surface area contributed by atoms with Crippen molar-refractivity contribution in [3.8, 4) is 5.75 Å². The Bertz CT molecular complexity index is 1470. The number of hydrogen-bond donors (Lipinski definition) is 3. The molecule has 2 aromatic heterocycles. The number of carbonyl (C=O) groups excluding carboxylic acids is 3. The zero-order valence-electron chi connectivity index (χ0n) is 20.4. The van der Waals surface area contributed by atoms with Gasteiger partial charge in [-0.2, -0.15) is 0 Å². The van der Waals surface area contributed by atoms with Crippen LogP contribution < -0.4 is 10.1 Å². The fourth-order valence-corrected chi connectivity index (χ4v) is 4.43. The topological polar surface area (TPSA) is 147 Å². The Labute approximate surface area is 211 Å². The molecule has 37 heavy (non-hydrogen) atoms. The minimum Gasteiger partial charge on any atom is -0.494 e. The highest BCUT2D eigenvalue weighted by atomic mass is 16.5. The van der Waals surface area contributed by atoms with Crippen molar-refractivity contribution in [1.82, 2.24) is 9.30 Å². The first-order valence-electron chi connectivity index (χ1n) is 11.3. The molecule has 0 unspecified atom stereocenters. The quantitative estimate of drug-likeness (QED) is 0.292. The number of β-amino-alcohol motifs (C(OH)–C–C–N with tert-alkyl or cyclic N) is 1. The van der Waals surface area contributed by atoms with Gasteiger partial charge in [-0.05, 0) is 37.3 Å². The van der Waals surface area contributed by atoms with Gasteiger partial charge in [-0.25, -0.2) is 9.59 Å². The lowest BCUT2D eigenvalue weighted by Gasteiger charge is -2.16. The maximum atomic E-state index is 13.5. The SMILES string of the molecule is COC(=O)C1=C(Nc2ccc(C(=O)c3c(C)c(OC)c4ccccn34)cc2C(=O)O)C(=O)N(CCO)C1. The van der Waals surface area contributed by atoms with Crippen LogP contribution in [0, 0.1) is 6.92 Å². The van der Waals surface area contributed by atoms with E-state index in [2.05, 4.69) is 5.32 Å². The average molecular weight is 507 g/mol. The first-order valence-corrected chi connectivity index (χ1v) is 11.3. The predicted octanol–water partition coefficient (Wildman–Crippen LogP) is 1.86. The van der Waals surface area contributed by atoms with E-state index in [0.29, 0.717) is 22.5 Å². The van der Waals surface area contributed by atoms with E-state index in [1.54, 1.807) is 23.6 Å². The molecule has 0 bridgehead atoms.